The van der Waals surface area contributed by atoms with E-state index in [1.165, 1.54) is 12.1 Å². The van der Waals surface area contributed by atoms with E-state index in [1.807, 2.05) is 0 Å². The summed E-state index contributed by atoms with van der Waals surface area (Å²) in [6, 6.07) is 2.53. The molecule has 5 nitrogen and oxygen atoms in total. The van der Waals surface area contributed by atoms with Gasteiger partial charge in [0, 0.05) is 6.54 Å². The van der Waals surface area contributed by atoms with Crippen molar-refractivity contribution in [2.45, 2.75) is 11.3 Å². The molecule has 1 aromatic carbocycles. The van der Waals surface area contributed by atoms with Crippen LogP contribution in [0.5, 0.6) is 0 Å². The number of halogens is 2. The molecular formula is C9H13Cl2N3O2S. The molecule has 5 N–H and O–H groups in total. The molecule has 0 fully saturated rings. The van der Waals surface area contributed by atoms with Crippen molar-refractivity contribution < 1.29 is 8.42 Å². The van der Waals surface area contributed by atoms with Crippen LogP contribution in [0.4, 0.5) is 5.69 Å². The lowest BCUT2D eigenvalue weighted by atomic mass is 10.3. The molecule has 0 atom stereocenters. The lowest BCUT2D eigenvalue weighted by molar-refractivity contribution is 0.579. The highest BCUT2D eigenvalue weighted by Crippen LogP contribution is 2.29. The maximum Gasteiger partial charge on any atom is 0.242 e. The van der Waals surface area contributed by atoms with Gasteiger partial charge in [-0.1, -0.05) is 23.2 Å². The number of rotatable bonds is 5. The molecule has 0 heterocycles. The maximum atomic E-state index is 11.9. The number of hydrogen-bond donors (Lipinski definition) is 3. The van der Waals surface area contributed by atoms with E-state index in [0.717, 1.165) is 0 Å². The first-order valence-electron chi connectivity index (χ1n) is 4.82. The summed E-state index contributed by atoms with van der Waals surface area (Å²) >= 11 is 11.6. The zero-order valence-corrected chi connectivity index (χ0v) is 11.2. The molecule has 0 aliphatic carbocycles. The minimum atomic E-state index is -3.68. The maximum absolute atomic E-state index is 11.9. The summed E-state index contributed by atoms with van der Waals surface area (Å²) in [6.07, 6.45) is 0.541. The Bertz CT molecular complexity index is 505. The molecule has 0 spiro atoms. The van der Waals surface area contributed by atoms with E-state index in [0.29, 0.717) is 13.0 Å². The van der Waals surface area contributed by atoms with Crippen LogP contribution >= 0.6 is 23.2 Å². The van der Waals surface area contributed by atoms with Crippen molar-refractivity contribution in [2.24, 2.45) is 5.73 Å². The molecular weight excluding hydrogens is 285 g/mol. The zero-order chi connectivity index (χ0) is 13.1. The number of nitrogens with two attached hydrogens (primary N) is 2. The van der Waals surface area contributed by atoms with Crippen LogP contribution in [0.1, 0.15) is 6.42 Å². The Kier molecular flexibility index (Phi) is 5.03. The average molecular weight is 298 g/mol. The van der Waals surface area contributed by atoms with Crippen molar-refractivity contribution in [3.8, 4) is 0 Å². The molecule has 1 aromatic rings. The van der Waals surface area contributed by atoms with Gasteiger partial charge in [-0.25, -0.2) is 13.1 Å². The van der Waals surface area contributed by atoms with Gasteiger partial charge in [0.05, 0.1) is 15.7 Å². The fourth-order valence-corrected chi connectivity index (χ4v) is 3.00. The van der Waals surface area contributed by atoms with Crippen LogP contribution in [0.25, 0.3) is 0 Å². The van der Waals surface area contributed by atoms with E-state index in [9.17, 15) is 8.42 Å². The van der Waals surface area contributed by atoms with Crippen LogP contribution in [0, 0.1) is 0 Å². The van der Waals surface area contributed by atoms with Gasteiger partial charge >= 0.3 is 0 Å². The fourth-order valence-electron chi connectivity index (χ4n) is 1.14. The summed E-state index contributed by atoms with van der Waals surface area (Å²) in [5, 5.41) is 0.181. The number of nitrogen functional groups attached to an aromatic ring is 1. The van der Waals surface area contributed by atoms with Crippen LogP contribution in [-0.2, 0) is 10.0 Å². The molecule has 0 amide bonds. The van der Waals surface area contributed by atoms with E-state index in [2.05, 4.69) is 4.72 Å². The van der Waals surface area contributed by atoms with Crippen molar-refractivity contribution in [1.82, 2.24) is 4.72 Å². The highest BCUT2D eigenvalue weighted by atomic mass is 35.5. The molecule has 0 aliphatic rings. The number of benzene rings is 1. The Balaban J connectivity index is 3.03. The summed E-state index contributed by atoms with van der Waals surface area (Å²) in [6.45, 7) is 0.649. The molecule has 17 heavy (non-hydrogen) atoms. The van der Waals surface area contributed by atoms with Crippen LogP contribution in [0.2, 0.25) is 10.0 Å². The largest absolute Gasteiger partial charge is 0.397 e. The van der Waals surface area contributed by atoms with Gasteiger partial charge in [-0.3, -0.25) is 0 Å². The van der Waals surface area contributed by atoms with E-state index >= 15 is 0 Å². The summed E-state index contributed by atoms with van der Waals surface area (Å²) in [5.41, 5.74) is 11.0. The highest BCUT2D eigenvalue weighted by molar-refractivity contribution is 7.89. The fraction of sp³-hybridized carbons (Fsp3) is 0.333. The quantitative estimate of drug-likeness (QED) is 0.562. The highest BCUT2D eigenvalue weighted by Gasteiger charge is 2.18. The summed E-state index contributed by atoms with van der Waals surface area (Å²) in [4.78, 5) is -0.0876. The third-order valence-corrected chi connectivity index (χ3v) is 4.27. The van der Waals surface area contributed by atoms with Crippen molar-refractivity contribution in [3.05, 3.63) is 22.2 Å². The van der Waals surface area contributed by atoms with E-state index in [4.69, 9.17) is 34.7 Å². The van der Waals surface area contributed by atoms with Crippen LogP contribution in [0.15, 0.2) is 17.0 Å². The SMILES string of the molecule is NCCCNS(=O)(=O)c1cc(Cl)c(N)cc1Cl. The molecule has 0 bridgehead atoms. The van der Waals surface area contributed by atoms with Crippen molar-refractivity contribution >= 4 is 38.9 Å². The van der Waals surface area contributed by atoms with Gasteiger partial charge in [0.2, 0.25) is 10.0 Å². The number of anilines is 1. The minimum Gasteiger partial charge on any atom is -0.397 e. The molecule has 0 aromatic heterocycles. The second-order valence-corrected chi connectivity index (χ2v) is 5.89. The first-order chi connectivity index (χ1) is 7.88. The average Bonchev–Trinajstić information content (AvgIpc) is 2.23. The number of hydrogen-bond acceptors (Lipinski definition) is 4. The number of sulfonamides is 1. The third-order valence-electron chi connectivity index (χ3n) is 2.01. The third kappa shape index (κ3) is 3.72. The van der Waals surface area contributed by atoms with Crippen LogP contribution in [-0.4, -0.2) is 21.5 Å². The Labute approximate surface area is 110 Å². The topological polar surface area (TPSA) is 98.2 Å². The van der Waals surface area contributed by atoms with Gasteiger partial charge in [0.1, 0.15) is 4.90 Å². The first-order valence-corrected chi connectivity index (χ1v) is 7.06. The predicted molar refractivity (Wildman–Crippen MR) is 69.7 cm³/mol. The zero-order valence-electron chi connectivity index (χ0n) is 8.91. The summed E-state index contributed by atoms with van der Waals surface area (Å²) in [7, 11) is -3.68. The van der Waals surface area contributed by atoms with E-state index in [-0.39, 0.29) is 27.2 Å². The van der Waals surface area contributed by atoms with Crippen molar-refractivity contribution in [3.63, 3.8) is 0 Å². The molecule has 0 saturated heterocycles. The monoisotopic (exact) mass is 297 g/mol. The smallest absolute Gasteiger partial charge is 0.242 e. The molecule has 0 radical (unpaired) electrons. The Morgan fingerprint density at radius 3 is 2.47 bits per heavy atom. The minimum absolute atomic E-state index is 0.0344. The van der Waals surface area contributed by atoms with E-state index < -0.39 is 10.0 Å². The summed E-state index contributed by atoms with van der Waals surface area (Å²) < 4.78 is 26.1. The normalized spacial score (nSPS) is 11.7. The Morgan fingerprint density at radius 1 is 1.24 bits per heavy atom. The van der Waals surface area contributed by atoms with Gasteiger partial charge in [-0.2, -0.15) is 0 Å². The second-order valence-electron chi connectivity index (χ2n) is 3.34. The van der Waals surface area contributed by atoms with Gasteiger partial charge in [0.25, 0.3) is 0 Å². The van der Waals surface area contributed by atoms with E-state index in [1.54, 1.807) is 0 Å². The lowest BCUT2D eigenvalue weighted by Crippen LogP contribution is -2.26. The van der Waals surface area contributed by atoms with Crippen molar-refractivity contribution in [1.29, 1.82) is 0 Å². The van der Waals surface area contributed by atoms with Gasteiger partial charge in [0.15, 0.2) is 0 Å². The first kappa shape index (κ1) is 14.5. The standard InChI is InChI=1S/C9H13Cl2N3O2S/c10-6-5-9(7(11)4-8(6)13)17(15,16)14-3-1-2-12/h4-5,14H,1-3,12-13H2. The predicted octanol–water partition coefficient (Wildman–Crippen LogP) is 1.20. The van der Waals surface area contributed by atoms with Crippen LogP contribution in [0.3, 0.4) is 0 Å². The molecule has 1 rings (SSSR count). The summed E-state index contributed by atoms with van der Waals surface area (Å²) in [5.74, 6) is 0. The molecule has 0 saturated carbocycles. The molecule has 0 aliphatic heterocycles. The Hall–Kier alpha value is -0.530. The molecule has 96 valence electrons. The Morgan fingerprint density at radius 2 is 1.88 bits per heavy atom. The van der Waals surface area contributed by atoms with Gasteiger partial charge in [-0.05, 0) is 25.1 Å². The van der Waals surface area contributed by atoms with Crippen LogP contribution < -0.4 is 16.2 Å². The number of nitrogens with one attached hydrogen (secondary N) is 1. The van der Waals surface area contributed by atoms with Gasteiger partial charge in [-0.15, -0.1) is 0 Å². The lowest BCUT2D eigenvalue weighted by Gasteiger charge is -2.09. The molecule has 8 heteroatoms. The van der Waals surface area contributed by atoms with Gasteiger partial charge < -0.3 is 11.5 Å². The van der Waals surface area contributed by atoms with Crippen molar-refractivity contribution in [2.75, 3.05) is 18.8 Å². The second kappa shape index (κ2) is 5.88. The molecule has 0 unspecified atom stereocenters.